The maximum Gasteiger partial charge on any atom is 0.0748 e. The molecule has 0 fully saturated rings. The van der Waals surface area contributed by atoms with Crippen LogP contribution in [-0.4, -0.2) is 9.78 Å². The molecule has 2 heterocycles. The van der Waals surface area contributed by atoms with Gasteiger partial charge in [-0.2, -0.15) is 5.10 Å². The molecule has 0 aliphatic carbocycles. The molecule has 0 amide bonds. The minimum Gasteiger partial charge on any atom is -0.376 e. The van der Waals surface area contributed by atoms with Gasteiger partial charge in [0.1, 0.15) is 0 Å². The van der Waals surface area contributed by atoms with Crippen molar-refractivity contribution in [1.82, 2.24) is 9.78 Å². The maximum absolute atomic E-state index is 4.40. The molecule has 3 nitrogen and oxygen atoms in total. The predicted octanol–water partition coefficient (Wildman–Crippen LogP) is 3.76. The molecule has 4 heteroatoms. The second kappa shape index (κ2) is 4.76. The van der Waals surface area contributed by atoms with Gasteiger partial charge >= 0.3 is 0 Å². The van der Waals surface area contributed by atoms with Crippen LogP contribution in [0.5, 0.6) is 0 Å². The molecule has 1 unspecified atom stereocenters. The number of hydrogen-bond acceptors (Lipinski definition) is 2. The Morgan fingerprint density at radius 2 is 2.28 bits per heavy atom. The van der Waals surface area contributed by atoms with Gasteiger partial charge in [0, 0.05) is 12.2 Å². The Morgan fingerprint density at radius 3 is 3.11 bits per heavy atom. The molecule has 94 valence electrons. The number of nitrogens with zero attached hydrogens (tertiary/aromatic N) is 2. The number of para-hydroxylation sites is 1. The number of rotatable bonds is 2. The van der Waals surface area contributed by atoms with E-state index >= 15 is 0 Å². The van der Waals surface area contributed by atoms with Gasteiger partial charge in [0.2, 0.25) is 0 Å². The van der Waals surface area contributed by atoms with Crippen LogP contribution in [0.15, 0.2) is 34.9 Å². The van der Waals surface area contributed by atoms with Gasteiger partial charge in [0.25, 0.3) is 0 Å². The Hall–Kier alpha value is -1.29. The quantitative estimate of drug-likeness (QED) is 0.915. The van der Waals surface area contributed by atoms with Crippen LogP contribution in [-0.2, 0) is 13.0 Å². The summed E-state index contributed by atoms with van der Waals surface area (Å²) in [7, 11) is 0. The van der Waals surface area contributed by atoms with E-state index < -0.39 is 0 Å². The summed E-state index contributed by atoms with van der Waals surface area (Å²) in [6.45, 7) is 3.03. The Kier molecular flexibility index (Phi) is 3.12. The monoisotopic (exact) mass is 305 g/mol. The van der Waals surface area contributed by atoms with Crippen molar-refractivity contribution >= 4 is 21.6 Å². The minimum atomic E-state index is 0.344. The third kappa shape index (κ3) is 1.94. The van der Waals surface area contributed by atoms with Crippen LogP contribution in [0.25, 0.3) is 0 Å². The molecule has 0 saturated carbocycles. The van der Waals surface area contributed by atoms with Crippen LogP contribution in [0.1, 0.15) is 30.6 Å². The highest BCUT2D eigenvalue weighted by Gasteiger charge is 2.23. The Labute approximate surface area is 115 Å². The van der Waals surface area contributed by atoms with Crippen LogP contribution in [0.4, 0.5) is 5.69 Å². The fourth-order valence-corrected chi connectivity index (χ4v) is 3.19. The first-order chi connectivity index (χ1) is 8.79. The van der Waals surface area contributed by atoms with E-state index in [9.17, 15) is 0 Å². The lowest BCUT2D eigenvalue weighted by molar-refractivity contribution is 0.557. The van der Waals surface area contributed by atoms with Crippen molar-refractivity contribution in [3.05, 3.63) is 46.2 Å². The van der Waals surface area contributed by atoms with Crippen molar-refractivity contribution in [2.45, 2.75) is 32.4 Å². The number of aromatic nitrogens is 2. The molecule has 1 aromatic carbocycles. The molecule has 1 aliphatic heterocycles. The lowest BCUT2D eigenvalue weighted by atomic mass is 9.96. The third-order valence-corrected chi connectivity index (χ3v) is 4.12. The van der Waals surface area contributed by atoms with Crippen molar-refractivity contribution in [2.75, 3.05) is 5.32 Å². The van der Waals surface area contributed by atoms with E-state index in [-0.39, 0.29) is 0 Å². The van der Waals surface area contributed by atoms with Gasteiger partial charge in [-0.05, 0) is 47.3 Å². The topological polar surface area (TPSA) is 29.9 Å². The van der Waals surface area contributed by atoms with Gasteiger partial charge in [-0.3, -0.25) is 4.68 Å². The highest BCUT2D eigenvalue weighted by Crippen LogP contribution is 2.35. The van der Waals surface area contributed by atoms with Crippen molar-refractivity contribution in [2.24, 2.45) is 0 Å². The zero-order chi connectivity index (χ0) is 12.5. The minimum absolute atomic E-state index is 0.344. The largest absolute Gasteiger partial charge is 0.376 e. The van der Waals surface area contributed by atoms with E-state index in [2.05, 4.69) is 62.2 Å². The first kappa shape index (κ1) is 11.8. The fourth-order valence-electron chi connectivity index (χ4n) is 2.61. The van der Waals surface area contributed by atoms with Gasteiger partial charge in [0.05, 0.1) is 22.4 Å². The second-order valence-corrected chi connectivity index (χ2v) is 5.44. The molecule has 0 spiro atoms. The summed E-state index contributed by atoms with van der Waals surface area (Å²) in [5, 5.41) is 8.02. The molecule has 2 aromatic rings. The van der Waals surface area contributed by atoms with Crippen molar-refractivity contribution in [1.29, 1.82) is 0 Å². The summed E-state index contributed by atoms with van der Waals surface area (Å²) in [4.78, 5) is 0. The molecule has 1 N–H and O–H groups in total. The molecular formula is C14H16BrN3. The van der Waals surface area contributed by atoms with Crippen molar-refractivity contribution < 1.29 is 0 Å². The summed E-state index contributed by atoms with van der Waals surface area (Å²) in [6.07, 6.45) is 4.12. The summed E-state index contributed by atoms with van der Waals surface area (Å²) in [6, 6.07) is 8.89. The molecule has 0 radical (unpaired) electrons. The highest BCUT2D eigenvalue weighted by molar-refractivity contribution is 9.10. The first-order valence-corrected chi connectivity index (χ1v) is 7.14. The summed E-state index contributed by atoms with van der Waals surface area (Å²) < 4.78 is 3.16. The average Bonchev–Trinajstić information content (AvgIpc) is 2.79. The number of halogens is 1. The fraction of sp³-hybridized carbons (Fsp3) is 0.357. The molecule has 1 aromatic heterocycles. The lowest BCUT2D eigenvalue weighted by Crippen LogP contribution is -2.21. The molecule has 3 rings (SSSR count). The van der Waals surface area contributed by atoms with Gasteiger partial charge < -0.3 is 5.32 Å². The van der Waals surface area contributed by atoms with E-state index in [1.807, 2.05) is 6.20 Å². The van der Waals surface area contributed by atoms with E-state index in [1.54, 1.807) is 0 Å². The number of hydrogen-bond donors (Lipinski definition) is 1. The summed E-state index contributed by atoms with van der Waals surface area (Å²) in [5.41, 5.74) is 3.92. The number of benzene rings is 1. The van der Waals surface area contributed by atoms with Crippen LogP contribution in [0, 0.1) is 0 Å². The Bertz CT molecular complexity index is 562. The normalized spacial score (nSPS) is 18.2. The maximum atomic E-state index is 4.40. The van der Waals surface area contributed by atoms with Crippen LogP contribution in [0.3, 0.4) is 0 Å². The molecular weight excluding hydrogens is 290 g/mol. The number of nitrogens with one attached hydrogen (secondary N) is 1. The Morgan fingerprint density at radius 1 is 1.44 bits per heavy atom. The SMILES string of the molecule is CCn1ncc(Br)c1C1CCc2ccccc2N1. The van der Waals surface area contributed by atoms with Gasteiger partial charge in [0.15, 0.2) is 0 Å². The van der Waals surface area contributed by atoms with E-state index in [0.29, 0.717) is 6.04 Å². The van der Waals surface area contributed by atoms with Crippen molar-refractivity contribution in [3.8, 4) is 0 Å². The summed E-state index contributed by atoms with van der Waals surface area (Å²) in [5.74, 6) is 0. The number of aryl methyl sites for hydroxylation is 2. The molecule has 1 aliphatic rings. The molecule has 0 bridgehead atoms. The van der Waals surface area contributed by atoms with E-state index in [4.69, 9.17) is 0 Å². The number of anilines is 1. The van der Waals surface area contributed by atoms with E-state index in [0.717, 1.165) is 23.9 Å². The first-order valence-electron chi connectivity index (χ1n) is 6.35. The van der Waals surface area contributed by atoms with Crippen LogP contribution in [0.2, 0.25) is 0 Å². The van der Waals surface area contributed by atoms with Gasteiger partial charge in [-0.15, -0.1) is 0 Å². The third-order valence-electron chi connectivity index (χ3n) is 3.51. The zero-order valence-corrected chi connectivity index (χ0v) is 11.9. The lowest BCUT2D eigenvalue weighted by Gasteiger charge is -2.27. The van der Waals surface area contributed by atoms with Crippen LogP contribution < -0.4 is 5.32 Å². The highest BCUT2D eigenvalue weighted by atomic mass is 79.9. The number of fused-ring (bicyclic) bond motifs is 1. The molecule has 1 atom stereocenters. The van der Waals surface area contributed by atoms with Crippen molar-refractivity contribution in [3.63, 3.8) is 0 Å². The molecule has 0 saturated heterocycles. The smallest absolute Gasteiger partial charge is 0.0748 e. The second-order valence-electron chi connectivity index (χ2n) is 4.59. The summed E-state index contributed by atoms with van der Waals surface area (Å²) >= 11 is 3.61. The molecule has 18 heavy (non-hydrogen) atoms. The van der Waals surface area contributed by atoms with Crippen LogP contribution >= 0.6 is 15.9 Å². The van der Waals surface area contributed by atoms with E-state index in [1.165, 1.54) is 16.9 Å². The average molecular weight is 306 g/mol. The zero-order valence-electron chi connectivity index (χ0n) is 10.4. The standard InChI is InChI=1S/C14H16BrN3/c1-2-18-14(11(15)9-16-18)13-8-7-10-5-3-4-6-12(10)17-13/h3-6,9,13,17H,2,7-8H2,1H3. The Balaban J connectivity index is 1.94. The van der Waals surface area contributed by atoms with Gasteiger partial charge in [-0.25, -0.2) is 0 Å². The van der Waals surface area contributed by atoms with Gasteiger partial charge in [-0.1, -0.05) is 18.2 Å². The predicted molar refractivity (Wildman–Crippen MR) is 76.7 cm³/mol.